The van der Waals surface area contributed by atoms with E-state index in [9.17, 15) is 0 Å². The van der Waals surface area contributed by atoms with Gasteiger partial charge < -0.3 is 20.3 Å². The second-order valence-corrected chi connectivity index (χ2v) is 7.84. The summed E-state index contributed by atoms with van der Waals surface area (Å²) in [6.45, 7) is 7.21. The average molecular weight is 501 g/mol. The number of likely N-dealkylation sites (tertiary alicyclic amines) is 1. The minimum atomic E-state index is 0. The second kappa shape index (κ2) is 12.5. The van der Waals surface area contributed by atoms with E-state index in [1.54, 1.807) is 0 Å². The predicted octanol–water partition coefficient (Wildman–Crippen LogP) is 3.42. The molecule has 1 aliphatic heterocycles. The van der Waals surface area contributed by atoms with Crippen molar-refractivity contribution >= 4 is 29.9 Å². The van der Waals surface area contributed by atoms with Gasteiger partial charge in [0, 0.05) is 45.0 Å². The van der Waals surface area contributed by atoms with Gasteiger partial charge in [0.15, 0.2) is 5.96 Å². The van der Waals surface area contributed by atoms with Gasteiger partial charge in [-0.2, -0.15) is 0 Å². The van der Waals surface area contributed by atoms with E-state index in [4.69, 9.17) is 4.74 Å². The third-order valence-corrected chi connectivity index (χ3v) is 5.50. The molecule has 1 atom stereocenters. The third kappa shape index (κ3) is 8.11. The molecule has 158 valence electrons. The summed E-state index contributed by atoms with van der Waals surface area (Å²) >= 11 is 0. The molecule has 0 amide bonds. The van der Waals surface area contributed by atoms with Gasteiger partial charge in [-0.25, -0.2) is 4.98 Å². The van der Waals surface area contributed by atoms with Crippen LogP contribution in [0.1, 0.15) is 51.0 Å². The molecular formula is C21H36IN5O. The minimum absolute atomic E-state index is 0. The normalized spacial score (nSPS) is 20.4. The molecular weight excluding hydrogens is 465 g/mol. The van der Waals surface area contributed by atoms with Crippen molar-refractivity contribution < 1.29 is 4.74 Å². The number of halogens is 1. The molecule has 0 bridgehead atoms. The smallest absolute Gasteiger partial charge is 0.213 e. The molecule has 2 N–H and O–H groups in total. The summed E-state index contributed by atoms with van der Waals surface area (Å²) in [5.41, 5.74) is 1.15. The number of rotatable bonds is 9. The zero-order chi connectivity index (χ0) is 18.9. The van der Waals surface area contributed by atoms with E-state index in [0.717, 1.165) is 55.5 Å². The third-order valence-electron chi connectivity index (χ3n) is 5.50. The number of pyridine rings is 1. The van der Waals surface area contributed by atoms with Crippen molar-refractivity contribution in [3.63, 3.8) is 0 Å². The van der Waals surface area contributed by atoms with Crippen LogP contribution in [0, 0.1) is 5.92 Å². The first kappa shape index (κ1) is 23.2. The maximum Gasteiger partial charge on any atom is 0.213 e. The van der Waals surface area contributed by atoms with Gasteiger partial charge in [-0.05, 0) is 63.1 Å². The van der Waals surface area contributed by atoms with Gasteiger partial charge in [0.1, 0.15) is 0 Å². The lowest BCUT2D eigenvalue weighted by atomic mass is 10.0. The van der Waals surface area contributed by atoms with E-state index in [-0.39, 0.29) is 24.0 Å². The van der Waals surface area contributed by atoms with Gasteiger partial charge in [-0.1, -0.05) is 6.42 Å². The summed E-state index contributed by atoms with van der Waals surface area (Å²) in [6, 6.07) is 4.77. The SMILES string of the molecule is CN=C(NCCCN1CCCCC1C)NCc1ccnc(OCC2CC2)c1.I. The monoisotopic (exact) mass is 501 g/mol. The summed E-state index contributed by atoms with van der Waals surface area (Å²) in [4.78, 5) is 11.2. The van der Waals surface area contributed by atoms with Crippen molar-refractivity contribution in [2.45, 2.75) is 58.0 Å². The van der Waals surface area contributed by atoms with Crippen LogP contribution < -0.4 is 15.4 Å². The fraction of sp³-hybridized carbons (Fsp3) is 0.714. The van der Waals surface area contributed by atoms with E-state index in [0.29, 0.717) is 6.54 Å². The van der Waals surface area contributed by atoms with Gasteiger partial charge in [-0.15, -0.1) is 24.0 Å². The van der Waals surface area contributed by atoms with Crippen LogP contribution in [0.25, 0.3) is 0 Å². The second-order valence-electron chi connectivity index (χ2n) is 7.84. The summed E-state index contributed by atoms with van der Waals surface area (Å²) in [5.74, 6) is 2.31. The highest BCUT2D eigenvalue weighted by molar-refractivity contribution is 14.0. The molecule has 7 heteroatoms. The molecule has 0 spiro atoms. The highest BCUT2D eigenvalue weighted by atomic mass is 127. The lowest BCUT2D eigenvalue weighted by Crippen LogP contribution is -2.41. The summed E-state index contributed by atoms with van der Waals surface area (Å²) in [5, 5.41) is 6.80. The standard InChI is InChI=1S/C21H35N5O.HI/c1-17-6-3-4-12-26(17)13-5-10-24-21(22-2)25-15-19-9-11-23-20(14-19)27-16-18-7-8-18;/h9,11,14,17-18H,3-8,10,12-13,15-16H2,1-2H3,(H2,22,24,25);1H. The zero-order valence-corrected chi connectivity index (χ0v) is 19.7. The van der Waals surface area contributed by atoms with E-state index < -0.39 is 0 Å². The summed E-state index contributed by atoms with van der Waals surface area (Å²) < 4.78 is 5.76. The van der Waals surface area contributed by atoms with Gasteiger partial charge in [0.2, 0.25) is 5.88 Å². The van der Waals surface area contributed by atoms with Crippen LogP contribution in [0.3, 0.4) is 0 Å². The van der Waals surface area contributed by atoms with E-state index in [1.165, 1.54) is 38.6 Å². The van der Waals surface area contributed by atoms with Crippen molar-refractivity contribution in [3.05, 3.63) is 23.9 Å². The van der Waals surface area contributed by atoms with Crippen molar-refractivity contribution in [2.75, 3.05) is 33.3 Å². The van der Waals surface area contributed by atoms with Crippen LogP contribution in [0.15, 0.2) is 23.3 Å². The predicted molar refractivity (Wildman–Crippen MR) is 126 cm³/mol. The van der Waals surface area contributed by atoms with Crippen LogP contribution in [0.2, 0.25) is 0 Å². The number of aliphatic imine (C=N–C) groups is 1. The van der Waals surface area contributed by atoms with Crippen LogP contribution in [-0.2, 0) is 6.54 Å². The Morgan fingerprint density at radius 2 is 2.14 bits per heavy atom. The Labute approximate surface area is 186 Å². The number of hydrogen-bond acceptors (Lipinski definition) is 4. The number of hydrogen-bond donors (Lipinski definition) is 2. The summed E-state index contributed by atoms with van der Waals surface area (Å²) in [6.07, 6.45) is 9.61. The van der Waals surface area contributed by atoms with E-state index >= 15 is 0 Å². The van der Waals surface area contributed by atoms with Crippen LogP contribution >= 0.6 is 24.0 Å². The minimum Gasteiger partial charge on any atom is -0.477 e. The van der Waals surface area contributed by atoms with Gasteiger partial charge in [0.05, 0.1) is 6.61 Å². The number of nitrogens with zero attached hydrogens (tertiary/aromatic N) is 3. The Hall–Kier alpha value is -1.09. The first-order valence-electron chi connectivity index (χ1n) is 10.5. The molecule has 1 aromatic heterocycles. The number of nitrogens with one attached hydrogen (secondary N) is 2. The van der Waals surface area contributed by atoms with Crippen molar-refractivity contribution in [2.24, 2.45) is 10.9 Å². The van der Waals surface area contributed by atoms with Gasteiger partial charge in [-0.3, -0.25) is 4.99 Å². The Balaban J connectivity index is 0.00000280. The fourth-order valence-electron chi connectivity index (χ4n) is 3.51. The lowest BCUT2D eigenvalue weighted by molar-refractivity contribution is 0.159. The first-order chi connectivity index (χ1) is 13.2. The maximum atomic E-state index is 5.76. The van der Waals surface area contributed by atoms with Crippen LogP contribution in [0.5, 0.6) is 5.88 Å². The van der Waals surface area contributed by atoms with E-state index in [2.05, 4.69) is 32.4 Å². The Kier molecular flexibility index (Phi) is 10.3. The van der Waals surface area contributed by atoms with Crippen molar-refractivity contribution in [1.29, 1.82) is 0 Å². The van der Waals surface area contributed by atoms with Gasteiger partial charge >= 0.3 is 0 Å². The molecule has 1 aromatic rings. The molecule has 0 radical (unpaired) electrons. The number of guanidine groups is 1. The molecule has 2 fully saturated rings. The molecule has 1 unspecified atom stereocenters. The number of aromatic nitrogens is 1. The fourth-order valence-corrected chi connectivity index (χ4v) is 3.51. The molecule has 1 saturated heterocycles. The molecule has 1 saturated carbocycles. The molecule has 3 rings (SSSR count). The number of ether oxygens (including phenoxy) is 1. The molecule has 2 heterocycles. The molecule has 0 aromatic carbocycles. The quantitative estimate of drug-likeness (QED) is 0.235. The molecule has 6 nitrogen and oxygen atoms in total. The van der Waals surface area contributed by atoms with Gasteiger partial charge in [0.25, 0.3) is 0 Å². The largest absolute Gasteiger partial charge is 0.477 e. The first-order valence-corrected chi connectivity index (χ1v) is 10.5. The topological polar surface area (TPSA) is 61.8 Å². The Morgan fingerprint density at radius 3 is 2.89 bits per heavy atom. The van der Waals surface area contributed by atoms with E-state index in [1.807, 2.05) is 25.4 Å². The molecule has 2 aliphatic rings. The van der Waals surface area contributed by atoms with Crippen LogP contribution in [-0.4, -0.2) is 55.2 Å². The molecule has 1 aliphatic carbocycles. The molecule has 28 heavy (non-hydrogen) atoms. The lowest BCUT2D eigenvalue weighted by Gasteiger charge is -2.33. The Morgan fingerprint density at radius 1 is 1.29 bits per heavy atom. The summed E-state index contributed by atoms with van der Waals surface area (Å²) in [7, 11) is 1.82. The maximum absolute atomic E-state index is 5.76. The van der Waals surface area contributed by atoms with Crippen molar-refractivity contribution in [1.82, 2.24) is 20.5 Å². The number of piperidine rings is 1. The van der Waals surface area contributed by atoms with Crippen LogP contribution in [0.4, 0.5) is 0 Å². The Bertz CT molecular complexity index is 608. The highest BCUT2D eigenvalue weighted by Gasteiger charge is 2.22. The average Bonchev–Trinajstić information content (AvgIpc) is 3.52. The zero-order valence-electron chi connectivity index (χ0n) is 17.3. The highest BCUT2D eigenvalue weighted by Crippen LogP contribution is 2.29. The van der Waals surface area contributed by atoms with Crippen molar-refractivity contribution in [3.8, 4) is 5.88 Å².